The molecule has 0 aromatic carbocycles. The lowest BCUT2D eigenvalue weighted by Crippen LogP contribution is -2.47. The van der Waals surface area contributed by atoms with Gasteiger partial charge in [-0.05, 0) is 55.6 Å². The average Bonchev–Trinajstić information content (AvgIpc) is 3.43. The molecule has 0 saturated heterocycles. The highest BCUT2D eigenvalue weighted by molar-refractivity contribution is 5.92. The van der Waals surface area contributed by atoms with Crippen LogP contribution < -0.4 is 5.32 Å². The van der Waals surface area contributed by atoms with Gasteiger partial charge in [0.25, 0.3) is 6.01 Å². The molecule has 4 aromatic rings. The van der Waals surface area contributed by atoms with Crippen LogP contribution in [0.15, 0.2) is 35.0 Å². The summed E-state index contributed by atoms with van der Waals surface area (Å²) in [4.78, 5) is 15.8. The summed E-state index contributed by atoms with van der Waals surface area (Å²) >= 11 is 0. The lowest BCUT2D eigenvalue weighted by atomic mass is 9.62. The first-order chi connectivity index (χ1) is 16.0. The van der Waals surface area contributed by atoms with Gasteiger partial charge in [0.2, 0.25) is 0 Å². The third-order valence-electron chi connectivity index (χ3n) is 7.33. The van der Waals surface area contributed by atoms with E-state index in [1.807, 2.05) is 0 Å². The van der Waals surface area contributed by atoms with E-state index >= 15 is 4.39 Å². The Morgan fingerprint density at radius 1 is 1.06 bits per heavy atom. The highest BCUT2D eigenvalue weighted by atomic mass is 19.1. The summed E-state index contributed by atoms with van der Waals surface area (Å²) in [6.07, 6.45) is 7.33. The number of nitrogens with zero attached hydrogens (tertiary/aromatic N) is 3. The van der Waals surface area contributed by atoms with Crippen LogP contribution in [0.2, 0.25) is 0 Å². The minimum absolute atomic E-state index is 0.0370. The van der Waals surface area contributed by atoms with Crippen LogP contribution in [0, 0.1) is 35.4 Å². The second kappa shape index (κ2) is 7.60. The Balaban J connectivity index is 1.49. The highest BCUT2D eigenvalue weighted by Gasteiger charge is 2.41. The number of pyridine rings is 1. The lowest BCUT2D eigenvalue weighted by Gasteiger charge is -2.47. The van der Waals surface area contributed by atoms with Crippen molar-refractivity contribution in [1.82, 2.24) is 19.9 Å². The van der Waals surface area contributed by atoms with Gasteiger partial charge in [0.1, 0.15) is 17.2 Å². The standard InChI is InChI=1S/C24H22F3N5O/c1-11-12-2-4-13(5-3-12)20(11)30-24-19(27)21(17-6-7-18(26)33-17)31-23(32-24)16-10-29-22-15(16)8-14(25)9-28-22/h6-13,20H,2-5H2,1H3,(H,28,29)(H,30,31,32). The first-order valence-electron chi connectivity index (χ1n) is 11.2. The molecule has 3 aliphatic carbocycles. The number of hydrogen-bond acceptors (Lipinski definition) is 5. The van der Waals surface area contributed by atoms with Crippen molar-refractivity contribution in [3.8, 4) is 22.8 Å². The fraction of sp³-hybridized carbons (Fsp3) is 0.375. The molecule has 9 heteroatoms. The molecule has 4 heterocycles. The van der Waals surface area contributed by atoms with Crippen LogP contribution in [0.5, 0.6) is 0 Å². The molecule has 0 amide bonds. The number of nitrogens with one attached hydrogen (secondary N) is 2. The Labute approximate surface area is 187 Å². The van der Waals surface area contributed by atoms with Crippen molar-refractivity contribution < 1.29 is 17.6 Å². The van der Waals surface area contributed by atoms with Gasteiger partial charge in [-0.3, -0.25) is 0 Å². The van der Waals surface area contributed by atoms with Gasteiger partial charge >= 0.3 is 0 Å². The van der Waals surface area contributed by atoms with Crippen LogP contribution in [0.1, 0.15) is 32.6 Å². The van der Waals surface area contributed by atoms with E-state index in [9.17, 15) is 8.78 Å². The SMILES string of the molecule is CC1C2CCC(CC2)C1Nc1nc(-c2c[nH]c3ncc(F)cc23)nc(-c2ccc(F)o2)c1F. The molecule has 3 fully saturated rings. The maximum absolute atomic E-state index is 15.6. The van der Waals surface area contributed by atoms with Gasteiger partial charge in [-0.15, -0.1) is 0 Å². The van der Waals surface area contributed by atoms with E-state index in [1.165, 1.54) is 25.0 Å². The number of aromatic amines is 1. The Bertz CT molecular complexity index is 1340. The molecule has 3 aliphatic rings. The van der Waals surface area contributed by atoms with Crippen molar-refractivity contribution in [3.05, 3.63) is 48.2 Å². The second-order valence-corrected chi connectivity index (χ2v) is 9.12. The number of aromatic nitrogens is 4. The van der Waals surface area contributed by atoms with E-state index in [2.05, 4.69) is 32.2 Å². The number of H-pyrrole nitrogens is 1. The van der Waals surface area contributed by atoms with E-state index in [0.29, 0.717) is 34.4 Å². The minimum Gasteiger partial charge on any atom is -0.429 e. The van der Waals surface area contributed by atoms with Crippen molar-refractivity contribution in [2.75, 3.05) is 5.32 Å². The predicted molar refractivity (Wildman–Crippen MR) is 117 cm³/mol. The summed E-state index contributed by atoms with van der Waals surface area (Å²) in [6.45, 7) is 2.20. The van der Waals surface area contributed by atoms with E-state index in [1.54, 1.807) is 6.20 Å². The zero-order valence-electron chi connectivity index (χ0n) is 17.9. The lowest BCUT2D eigenvalue weighted by molar-refractivity contribution is 0.0926. The number of furan rings is 1. The average molecular weight is 453 g/mol. The predicted octanol–water partition coefficient (Wildman–Crippen LogP) is 5.93. The zero-order valence-corrected chi connectivity index (χ0v) is 17.9. The summed E-state index contributed by atoms with van der Waals surface area (Å²) in [5, 5.41) is 3.81. The monoisotopic (exact) mass is 453 g/mol. The molecule has 2 bridgehead atoms. The van der Waals surface area contributed by atoms with E-state index in [4.69, 9.17) is 4.42 Å². The zero-order chi connectivity index (χ0) is 22.7. The molecule has 0 spiro atoms. The third kappa shape index (κ3) is 3.37. The fourth-order valence-corrected chi connectivity index (χ4v) is 5.59. The number of rotatable bonds is 4. The minimum atomic E-state index is -0.837. The second-order valence-electron chi connectivity index (χ2n) is 9.12. The number of anilines is 1. The van der Waals surface area contributed by atoms with Crippen molar-refractivity contribution in [2.45, 2.75) is 38.6 Å². The molecule has 2 unspecified atom stereocenters. The van der Waals surface area contributed by atoms with Gasteiger partial charge in [-0.2, -0.15) is 4.39 Å². The first kappa shape index (κ1) is 20.3. The van der Waals surface area contributed by atoms with Crippen molar-refractivity contribution in [3.63, 3.8) is 0 Å². The molecule has 2 N–H and O–H groups in total. The maximum atomic E-state index is 15.6. The highest BCUT2D eigenvalue weighted by Crippen LogP contribution is 2.46. The van der Waals surface area contributed by atoms with Crippen LogP contribution in [0.4, 0.5) is 19.0 Å². The Morgan fingerprint density at radius 2 is 1.85 bits per heavy atom. The van der Waals surface area contributed by atoms with Crippen LogP contribution in [0.25, 0.3) is 33.9 Å². The summed E-state index contributed by atoms with van der Waals surface area (Å²) in [5.74, 6) is 0.380. The number of fused-ring (bicyclic) bond motifs is 4. The van der Waals surface area contributed by atoms with Gasteiger partial charge in [-0.1, -0.05) is 6.92 Å². The molecule has 6 nitrogen and oxygen atoms in total. The number of halogens is 3. The molecule has 0 radical (unpaired) electrons. The summed E-state index contributed by atoms with van der Waals surface area (Å²) in [5.41, 5.74) is 0.767. The molecular weight excluding hydrogens is 431 g/mol. The topological polar surface area (TPSA) is 79.6 Å². The molecule has 7 rings (SSSR count). The van der Waals surface area contributed by atoms with Crippen LogP contribution >= 0.6 is 0 Å². The van der Waals surface area contributed by atoms with Crippen LogP contribution in [0.3, 0.4) is 0 Å². The van der Waals surface area contributed by atoms with Crippen molar-refractivity contribution in [1.29, 1.82) is 0 Å². The van der Waals surface area contributed by atoms with E-state index < -0.39 is 17.6 Å². The smallest absolute Gasteiger partial charge is 0.278 e. The van der Waals surface area contributed by atoms with Gasteiger partial charge in [0.05, 0.1) is 6.20 Å². The Morgan fingerprint density at radius 3 is 2.58 bits per heavy atom. The summed E-state index contributed by atoms with van der Waals surface area (Å²) < 4.78 is 48.2. The van der Waals surface area contributed by atoms with Crippen molar-refractivity contribution in [2.24, 2.45) is 17.8 Å². The van der Waals surface area contributed by atoms with Crippen LogP contribution in [-0.4, -0.2) is 26.0 Å². The molecule has 4 aromatic heterocycles. The maximum Gasteiger partial charge on any atom is 0.278 e. The van der Waals surface area contributed by atoms with Gasteiger partial charge in [0.15, 0.2) is 23.2 Å². The molecule has 2 atom stereocenters. The summed E-state index contributed by atoms with van der Waals surface area (Å²) in [6, 6.07) is 3.00. The fourth-order valence-electron chi connectivity index (χ4n) is 5.59. The molecule has 33 heavy (non-hydrogen) atoms. The molecule has 170 valence electrons. The third-order valence-corrected chi connectivity index (χ3v) is 7.33. The van der Waals surface area contributed by atoms with E-state index in [-0.39, 0.29) is 29.1 Å². The first-order valence-corrected chi connectivity index (χ1v) is 11.2. The van der Waals surface area contributed by atoms with E-state index in [0.717, 1.165) is 25.1 Å². The molecule has 3 saturated carbocycles. The largest absolute Gasteiger partial charge is 0.429 e. The molecular formula is C24H22F3N5O. The Kier molecular flexibility index (Phi) is 4.67. The quantitative estimate of drug-likeness (QED) is 0.400. The van der Waals surface area contributed by atoms with Crippen molar-refractivity contribution >= 4 is 16.9 Å². The van der Waals surface area contributed by atoms with Gasteiger partial charge < -0.3 is 14.7 Å². The normalized spacial score (nSPS) is 24.5. The number of hydrogen-bond donors (Lipinski definition) is 2. The summed E-state index contributed by atoms with van der Waals surface area (Å²) in [7, 11) is 0. The van der Waals surface area contributed by atoms with Gasteiger partial charge in [-0.25, -0.2) is 23.7 Å². The Hall–Kier alpha value is -3.36. The molecule has 0 aliphatic heterocycles. The van der Waals surface area contributed by atoms with Gasteiger partial charge in [0, 0.05) is 29.3 Å². The van der Waals surface area contributed by atoms with Crippen LogP contribution in [-0.2, 0) is 0 Å².